The molecule has 0 amide bonds. The van der Waals surface area contributed by atoms with E-state index < -0.39 is 6.10 Å². The number of piperidine rings is 1. The van der Waals surface area contributed by atoms with Crippen molar-refractivity contribution in [1.82, 2.24) is 10.1 Å². The Hall–Kier alpha value is -2.61. The summed E-state index contributed by atoms with van der Waals surface area (Å²) in [5, 5.41) is 15.3. The third-order valence-corrected chi connectivity index (χ3v) is 6.03. The number of anilines is 1. The number of benzene rings is 1. The lowest BCUT2D eigenvalue weighted by atomic mass is 10.1. The number of rotatable bonds is 12. The summed E-state index contributed by atoms with van der Waals surface area (Å²) in [5.41, 5.74) is 2.94. The summed E-state index contributed by atoms with van der Waals surface area (Å²) in [6.07, 6.45) is 4.64. The average molecular weight is 468 g/mol. The monoisotopic (exact) mass is 467 g/mol. The second-order valence-electron chi connectivity index (χ2n) is 9.56. The first-order chi connectivity index (χ1) is 16.6. The topological polar surface area (TPSA) is 75.1 Å². The molecule has 0 aliphatic carbocycles. The second kappa shape index (κ2) is 12.2. The fourth-order valence-corrected chi connectivity index (χ4v) is 4.43. The molecular weight excluding hydrogens is 430 g/mol. The van der Waals surface area contributed by atoms with Crippen LogP contribution in [0.5, 0.6) is 0 Å². The lowest BCUT2D eigenvalue weighted by Gasteiger charge is -2.29. The molecule has 0 spiro atoms. The second-order valence-corrected chi connectivity index (χ2v) is 9.56. The minimum Gasteiger partial charge on any atom is -0.468 e. The van der Waals surface area contributed by atoms with Crippen LogP contribution in [0.3, 0.4) is 0 Å². The first-order valence-electron chi connectivity index (χ1n) is 12.4. The van der Waals surface area contributed by atoms with Gasteiger partial charge in [-0.1, -0.05) is 49.3 Å². The largest absolute Gasteiger partial charge is 0.468 e. The predicted octanol–water partition coefficient (Wildman–Crippen LogP) is 4.96. The van der Waals surface area contributed by atoms with E-state index in [0.29, 0.717) is 38.8 Å². The molecule has 4 rings (SSSR count). The SMILES string of the molecule is CC(C)COC[C@H](O)CN(Cc1ccco1)Cc1c(-c2ccccc2)noc1N1CCCCC1. The van der Waals surface area contributed by atoms with Gasteiger partial charge in [0.05, 0.1) is 31.1 Å². The molecule has 0 radical (unpaired) electrons. The van der Waals surface area contributed by atoms with E-state index in [4.69, 9.17) is 13.7 Å². The van der Waals surface area contributed by atoms with Crippen molar-refractivity contribution in [1.29, 1.82) is 0 Å². The Bertz CT molecular complexity index is 965. The number of aliphatic hydroxyl groups is 1. The van der Waals surface area contributed by atoms with Crippen molar-refractivity contribution < 1.29 is 18.8 Å². The molecule has 7 nitrogen and oxygen atoms in total. The lowest BCUT2D eigenvalue weighted by Crippen LogP contribution is -2.35. The van der Waals surface area contributed by atoms with E-state index in [1.165, 1.54) is 6.42 Å². The Morgan fingerprint density at radius 3 is 2.53 bits per heavy atom. The minimum atomic E-state index is -0.604. The Morgan fingerprint density at radius 1 is 1.03 bits per heavy atom. The zero-order chi connectivity index (χ0) is 23.8. The van der Waals surface area contributed by atoms with Gasteiger partial charge in [0.2, 0.25) is 5.88 Å². The molecule has 1 aliphatic heterocycles. The van der Waals surface area contributed by atoms with Gasteiger partial charge in [-0.3, -0.25) is 4.90 Å². The van der Waals surface area contributed by atoms with Gasteiger partial charge in [-0.25, -0.2) is 0 Å². The van der Waals surface area contributed by atoms with Crippen LogP contribution in [0, 0.1) is 5.92 Å². The van der Waals surface area contributed by atoms with E-state index in [0.717, 1.165) is 54.4 Å². The molecule has 1 saturated heterocycles. The van der Waals surface area contributed by atoms with Crippen molar-refractivity contribution in [3.8, 4) is 11.3 Å². The smallest absolute Gasteiger partial charge is 0.232 e. The molecular formula is C27H37N3O4. The number of nitrogens with zero attached hydrogens (tertiary/aromatic N) is 3. The van der Waals surface area contributed by atoms with Gasteiger partial charge < -0.3 is 23.7 Å². The molecule has 3 aromatic rings. The zero-order valence-electron chi connectivity index (χ0n) is 20.4. The van der Waals surface area contributed by atoms with Crippen molar-refractivity contribution in [3.63, 3.8) is 0 Å². The van der Waals surface area contributed by atoms with Crippen LogP contribution in [0.15, 0.2) is 57.7 Å². The quantitative estimate of drug-likeness (QED) is 0.403. The summed E-state index contributed by atoms with van der Waals surface area (Å²) in [6, 6.07) is 14.0. The molecule has 1 aromatic carbocycles. The molecule has 1 fully saturated rings. The molecule has 1 N–H and O–H groups in total. The zero-order valence-corrected chi connectivity index (χ0v) is 20.4. The highest BCUT2D eigenvalue weighted by atomic mass is 16.5. The van der Waals surface area contributed by atoms with Crippen molar-refractivity contribution in [2.45, 2.75) is 52.3 Å². The molecule has 184 valence electrons. The van der Waals surface area contributed by atoms with Crippen LogP contribution in [0.2, 0.25) is 0 Å². The summed E-state index contributed by atoms with van der Waals surface area (Å²) >= 11 is 0. The van der Waals surface area contributed by atoms with E-state index in [1.807, 2.05) is 30.3 Å². The van der Waals surface area contributed by atoms with Gasteiger partial charge in [0.15, 0.2) is 0 Å². The maximum absolute atomic E-state index is 10.7. The first kappa shape index (κ1) is 24.5. The standard InChI is InChI=1S/C27H37N3O4/c1-21(2)19-32-20-23(31)16-29(17-24-12-9-15-33-24)18-25-26(22-10-5-3-6-11-22)28-34-27(25)30-13-7-4-8-14-30/h3,5-6,9-12,15,21,23,31H,4,7-8,13-14,16-20H2,1-2H3/t23-/m1/s1. The summed E-state index contributed by atoms with van der Waals surface area (Å²) in [7, 11) is 0. The van der Waals surface area contributed by atoms with Crippen LogP contribution in [0.1, 0.15) is 44.4 Å². The van der Waals surface area contributed by atoms with Gasteiger partial charge in [0.25, 0.3) is 0 Å². The molecule has 34 heavy (non-hydrogen) atoms. The van der Waals surface area contributed by atoms with Gasteiger partial charge in [-0.05, 0) is 37.3 Å². The number of aromatic nitrogens is 1. The van der Waals surface area contributed by atoms with Crippen LogP contribution in [0.4, 0.5) is 5.88 Å². The van der Waals surface area contributed by atoms with Gasteiger partial charge in [-0.15, -0.1) is 0 Å². The van der Waals surface area contributed by atoms with E-state index in [-0.39, 0.29) is 0 Å². The van der Waals surface area contributed by atoms with Crippen molar-refractivity contribution in [3.05, 3.63) is 60.1 Å². The summed E-state index contributed by atoms with van der Waals surface area (Å²) in [6.45, 7) is 8.72. The Kier molecular flexibility index (Phi) is 8.79. The Morgan fingerprint density at radius 2 is 1.82 bits per heavy atom. The molecule has 0 bridgehead atoms. The Balaban J connectivity index is 1.58. The van der Waals surface area contributed by atoms with E-state index in [2.05, 4.69) is 40.9 Å². The lowest BCUT2D eigenvalue weighted by molar-refractivity contribution is 0.00462. The highest BCUT2D eigenvalue weighted by Crippen LogP contribution is 2.34. The van der Waals surface area contributed by atoms with Gasteiger partial charge in [0, 0.05) is 38.3 Å². The molecule has 2 aromatic heterocycles. The average Bonchev–Trinajstić information content (AvgIpc) is 3.50. The van der Waals surface area contributed by atoms with E-state index in [9.17, 15) is 5.11 Å². The van der Waals surface area contributed by atoms with Crippen LogP contribution in [-0.4, -0.2) is 54.1 Å². The van der Waals surface area contributed by atoms with Gasteiger partial charge >= 0.3 is 0 Å². The minimum absolute atomic E-state index is 0.307. The predicted molar refractivity (Wildman–Crippen MR) is 132 cm³/mol. The van der Waals surface area contributed by atoms with E-state index in [1.54, 1.807) is 6.26 Å². The van der Waals surface area contributed by atoms with Gasteiger partial charge in [0.1, 0.15) is 11.5 Å². The number of furan rings is 1. The Labute approximate surface area is 202 Å². The van der Waals surface area contributed by atoms with Crippen molar-refractivity contribution in [2.24, 2.45) is 5.92 Å². The maximum atomic E-state index is 10.7. The number of hydrogen-bond donors (Lipinski definition) is 1. The van der Waals surface area contributed by atoms with Crippen molar-refractivity contribution >= 4 is 5.88 Å². The third kappa shape index (κ3) is 6.72. The molecule has 1 atom stereocenters. The molecule has 1 aliphatic rings. The molecule has 0 saturated carbocycles. The fraction of sp³-hybridized carbons (Fsp3) is 0.519. The van der Waals surface area contributed by atoms with Crippen LogP contribution in [0.25, 0.3) is 11.3 Å². The maximum Gasteiger partial charge on any atom is 0.232 e. The van der Waals surface area contributed by atoms with Crippen molar-refractivity contribution in [2.75, 3.05) is 37.7 Å². The summed E-state index contributed by atoms with van der Waals surface area (Å²) in [4.78, 5) is 4.50. The number of ether oxygens (including phenoxy) is 1. The highest BCUT2D eigenvalue weighted by Gasteiger charge is 2.26. The molecule has 0 unspecified atom stereocenters. The highest BCUT2D eigenvalue weighted by molar-refractivity contribution is 5.68. The van der Waals surface area contributed by atoms with Crippen LogP contribution in [-0.2, 0) is 17.8 Å². The molecule has 7 heteroatoms. The molecule has 3 heterocycles. The normalized spacial score (nSPS) is 15.4. The summed E-state index contributed by atoms with van der Waals surface area (Å²) in [5.74, 6) is 2.13. The van der Waals surface area contributed by atoms with E-state index >= 15 is 0 Å². The first-order valence-corrected chi connectivity index (χ1v) is 12.4. The fourth-order valence-electron chi connectivity index (χ4n) is 4.43. The number of hydrogen-bond acceptors (Lipinski definition) is 7. The van der Waals surface area contributed by atoms with Gasteiger partial charge in [-0.2, -0.15) is 0 Å². The third-order valence-electron chi connectivity index (χ3n) is 6.03. The van der Waals surface area contributed by atoms with Crippen LogP contribution < -0.4 is 4.90 Å². The summed E-state index contributed by atoms with van der Waals surface area (Å²) < 4.78 is 17.3. The number of aliphatic hydroxyl groups excluding tert-OH is 1. The van der Waals surface area contributed by atoms with Crippen LogP contribution >= 0.6 is 0 Å².